The van der Waals surface area contributed by atoms with Gasteiger partial charge in [0.2, 0.25) is 11.8 Å². The number of benzene rings is 3. The summed E-state index contributed by atoms with van der Waals surface area (Å²) in [6.07, 6.45) is -1.26. The normalized spacial score (nSPS) is 15.4. The predicted molar refractivity (Wildman–Crippen MR) is 165 cm³/mol. The van der Waals surface area contributed by atoms with Crippen LogP contribution in [0.15, 0.2) is 71.6 Å². The van der Waals surface area contributed by atoms with Crippen LogP contribution in [0, 0.1) is 12.7 Å². The first-order valence-corrected chi connectivity index (χ1v) is 17.1. The molecule has 1 aliphatic rings. The highest BCUT2D eigenvalue weighted by Crippen LogP contribution is 2.39. The average molecular weight is 703 g/mol. The fourth-order valence-corrected chi connectivity index (χ4v) is 6.98. The second-order valence-corrected chi connectivity index (χ2v) is 13.9. The molecule has 0 radical (unpaired) electrons. The Hall–Kier alpha value is -3.70. The number of hydrogen-bond donors (Lipinski definition) is 3. The summed E-state index contributed by atoms with van der Waals surface area (Å²) in [5.74, 6) is -5.75. The van der Waals surface area contributed by atoms with E-state index in [0.29, 0.717) is 5.56 Å². The van der Waals surface area contributed by atoms with Gasteiger partial charge in [0.1, 0.15) is 16.8 Å². The summed E-state index contributed by atoms with van der Waals surface area (Å²) in [5, 5.41) is 2.49. The Balaban J connectivity index is 1.67. The third-order valence-electron chi connectivity index (χ3n) is 6.83. The van der Waals surface area contributed by atoms with Crippen LogP contribution in [-0.2, 0) is 34.1 Å². The highest BCUT2D eigenvalue weighted by atomic mass is 35.5. The molecule has 1 fully saturated rings. The molecule has 1 saturated carbocycles. The zero-order valence-electron chi connectivity index (χ0n) is 24.5. The molecule has 0 spiro atoms. The van der Waals surface area contributed by atoms with Crippen molar-refractivity contribution in [2.24, 2.45) is 0 Å². The van der Waals surface area contributed by atoms with Crippen molar-refractivity contribution in [3.05, 3.63) is 88.7 Å². The number of nitrogens with zero attached hydrogens (tertiary/aromatic N) is 1. The summed E-state index contributed by atoms with van der Waals surface area (Å²) >= 11 is 6.39. The highest BCUT2D eigenvalue weighted by molar-refractivity contribution is 7.91. The molecular weight excluding hydrogens is 673 g/mol. The van der Waals surface area contributed by atoms with Crippen LogP contribution in [-0.4, -0.2) is 53.8 Å². The molecule has 2 amide bonds. The van der Waals surface area contributed by atoms with E-state index in [9.17, 15) is 39.6 Å². The maximum atomic E-state index is 14.4. The van der Waals surface area contributed by atoms with Crippen LogP contribution in [0.25, 0.3) is 0 Å². The van der Waals surface area contributed by atoms with Crippen LogP contribution in [0.5, 0.6) is 0 Å². The largest absolute Gasteiger partial charge is 0.351 e. The van der Waals surface area contributed by atoms with Crippen molar-refractivity contribution >= 4 is 55.1 Å². The van der Waals surface area contributed by atoms with Gasteiger partial charge in [-0.1, -0.05) is 41.9 Å². The molecule has 0 saturated heterocycles. The molecule has 3 aromatic carbocycles. The standard InChI is InChI=1S/C29H30ClF3N4O7S2/c1-3-44-45(40,41)25-12-11-18(2)13-24(25)36-46(42,43)34-17-26(38)37(21-8-6-7-19(31)14-21)27(22-9-4-5-10-23(22)30)28(39)35-20-15-29(32,33)16-20/h4-14,20,27,34,36H,3,15-17H2,1-2H3,(H,35,39). The van der Waals surface area contributed by atoms with E-state index in [-0.39, 0.29) is 28.6 Å². The van der Waals surface area contributed by atoms with Gasteiger partial charge in [-0.25, -0.2) is 13.2 Å². The van der Waals surface area contributed by atoms with Gasteiger partial charge in [0, 0.05) is 35.2 Å². The molecule has 0 aliphatic heterocycles. The number of amides is 2. The van der Waals surface area contributed by atoms with Crippen molar-refractivity contribution in [2.45, 2.75) is 49.6 Å². The predicted octanol–water partition coefficient (Wildman–Crippen LogP) is 4.45. The number of rotatable bonds is 13. The lowest BCUT2D eigenvalue weighted by atomic mass is 9.87. The number of halogens is 4. The van der Waals surface area contributed by atoms with Crippen molar-refractivity contribution in [3.8, 4) is 0 Å². The number of alkyl halides is 2. The molecule has 17 heteroatoms. The first-order chi connectivity index (χ1) is 21.5. The topological polar surface area (TPSA) is 151 Å². The fraction of sp³-hybridized carbons (Fsp3) is 0.310. The lowest BCUT2D eigenvalue weighted by molar-refractivity contribution is -0.132. The fourth-order valence-electron chi connectivity index (χ4n) is 4.78. The van der Waals surface area contributed by atoms with Crippen LogP contribution in [0.4, 0.5) is 24.5 Å². The molecule has 3 aromatic rings. The van der Waals surface area contributed by atoms with Gasteiger partial charge in [-0.15, -0.1) is 0 Å². The van der Waals surface area contributed by atoms with Gasteiger partial charge in [-0.3, -0.25) is 23.4 Å². The summed E-state index contributed by atoms with van der Waals surface area (Å²) in [6, 6.07) is 11.7. The Kier molecular flexibility index (Phi) is 10.7. The van der Waals surface area contributed by atoms with Crippen molar-refractivity contribution in [3.63, 3.8) is 0 Å². The van der Waals surface area contributed by atoms with E-state index in [1.165, 1.54) is 49.4 Å². The van der Waals surface area contributed by atoms with Gasteiger partial charge in [-0.05, 0) is 55.8 Å². The van der Waals surface area contributed by atoms with Crippen LogP contribution in [0.2, 0.25) is 5.02 Å². The van der Waals surface area contributed by atoms with Gasteiger partial charge in [0.05, 0.1) is 18.8 Å². The van der Waals surface area contributed by atoms with Crippen LogP contribution in [0.3, 0.4) is 0 Å². The van der Waals surface area contributed by atoms with E-state index in [4.69, 9.17) is 15.8 Å². The number of carbonyl (C=O) groups is 2. The third kappa shape index (κ3) is 8.55. The third-order valence-corrected chi connectivity index (χ3v) is 9.63. The first kappa shape index (κ1) is 35.2. The molecule has 3 N–H and O–H groups in total. The number of carbonyl (C=O) groups excluding carboxylic acids is 2. The average Bonchev–Trinajstić information content (AvgIpc) is 2.94. The van der Waals surface area contributed by atoms with Crippen LogP contribution in [0.1, 0.15) is 36.9 Å². The van der Waals surface area contributed by atoms with Crippen molar-refractivity contribution in [1.29, 1.82) is 0 Å². The zero-order valence-corrected chi connectivity index (χ0v) is 26.9. The Bertz CT molecular complexity index is 1840. The molecule has 1 aliphatic carbocycles. The van der Waals surface area contributed by atoms with Crippen LogP contribution >= 0.6 is 11.6 Å². The second-order valence-electron chi connectivity index (χ2n) is 10.4. The molecule has 0 bridgehead atoms. The van der Waals surface area contributed by atoms with E-state index >= 15 is 0 Å². The summed E-state index contributed by atoms with van der Waals surface area (Å²) in [7, 11) is -9.02. The van der Waals surface area contributed by atoms with Gasteiger partial charge in [-0.2, -0.15) is 21.6 Å². The van der Waals surface area contributed by atoms with Crippen molar-refractivity contribution < 1.29 is 43.8 Å². The quantitative estimate of drug-likeness (QED) is 0.223. The van der Waals surface area contributed by atoms with E-state index in [1.54, 1.807) is 13.0 Å². The van der Waals surface area contributed by atoms with Gasteiger partial charge in [0.15, 0.2) is 0 Å². The monoisotopic (exact) mass is 702 g/mol. The summed E-state index contributed by atoms with van der Waals surface area (Å²) in [5.41, 5.74) is 0.0251. The molecule has 248 valence electrons. The molecule has 46 heavy (non-hydrogen) atoms. The zero-order chi connectivity index (χ0) is 33.9. The minimum absolute atomic E-state index is 0.0144. The maximum Gasteiger partial charge on any atom is 0.299 e. The lowest BCUT2D eigenvalue weighted by Crippen LogP contribution is -2.55. The Morgan fingerprint density at radius 2 is 1.74 bits per heavy atom. The van der Waals surface area contributed by atoms with Crippen LogP contribution < -0.4 is 19.7 Å². The lowest BCUT2D eigenvalue weighted by Gasteiger charge is -2.38. The minimum Gasteiger partial charge on any atom is -0.351 e. The minimum atomic E-state index is -4.67. The summed E-state index contributed by atoms with van der Waals surface area (Å²) in [6.45, 7) is 1.80. The Morgan fingerprint density at radius 1 is 1.04 bits per heavy atom. The molecular formula is C29H30ClF3N4O7S2. The SMILES string of the molecule is CCOS(=O)(=O)c1ccc(C)cc1NS(=O)(=O)NCC(=O)N(c1cccc(F)c1)C(C(=O)NC1CC(F)(F)C1)c1ccccc1Cl. The number of aryl methyl sites for hydroxylation is 1. The summed E-state index contributed by atoms with van der Waals surface area (Å²) < 4.78 is 102. The molecule has 11 nitrogen and oxygen atoms in total. The van der Waals surface area contributed by atoms with E-state index in [1.807, 2.05) is 4.72 Å². The number of anilines is 2. The Morgan fingerprint density at radius 3 is 2.37 bits per heavy atom. The van der Waals surface area contributed by atoms with Gasteiger partial charge < -0.3 is 5.32 Å². The molecule has 0 aromatic heterocycles. The van der Waals surface area contributed by atoms with E-state index in [0.717, 1.165) is 23.1 Å². The van der Waals surface area contributed by atoms with Gasteiger partial charge >= 0.3 is 0 Å². The number of hydrogen-bond acceptors (Lipinski definition) is 7. The molecule has 4 rings (SSSR count). The highest BCUT2D eigenvalue weighted by Gasteiger charge is 2.47. The van der Waals surface area contributed by atoms with E-state index < -0.39 is 80.2 Å². The first-order valence-electron chi connectivity index (χ1n) is 13.8. The molecule has 0 heterocycles. The molecule has 1 atom stereocenters. The molecule has 1 unspecified atom stereocenters. The summed E-state index contributed by atoms with van der Waals surface area (Å²) in [4.78, 5) is 27.8. The Labute approximate surface area is 269 Å². The second kappa shape index (κ2) is 14.0. The number of nitrogens with one attached hydrogen (secondary N) is 3. The van der Waals surface area contributed by atoms with E-state index in [2.05, 4.69) is 10.0 Å². The maximum absolute atomic E-state index is 14.4. The van der Waals surface area contributed by atoms with Crippen molar-refractivity contribution in [2.75, 3.05) is 22.8 Å². The smallest absolute Gasteiger partial charge is 0.299 e. The van der Waals surface area contributed by atoms with Crippen molar-refractivity contribution in [1.82, 2.24) is 10.0 Å². The van der Waals surface area contributed by atoms with Gasteiger partial charge in [0.25, 0.3) is 26.2 Å².